The van der Waals surface area contributed by atoms with Crippen LogP contribution in [0.15, 0.2) is 27.6 Å². The van der Waals surface area contributed by atoms with Gasteiger partial charge < -0.3 is 4.55 Å². The van der Waals surface area contributed by atoms with Gasteiger partial charge >= 0.3 is 0 Å². The number of hydrogen-bond acceptors (Lipinski definition) is 2. The van der Waals surface area contributed by atoms with Gasteiger partial charge in [0.1, 0.15) is 0 Å². The normalized spacial score (nSPS) is 13.0. The van der Waals surface area contributed by atoms with Crippen LogP contribution < -0.4 is 0 Å². The first-order valence-corrected chi connectivity index (χ1v) is 4.83. The lowest BCUT2D eigenvalue weighted by Crippen LogP contribution is -1.89. The van der Waals surface area contributed by atoms with Crippen molar-refractivity contribution in [2.45, 2.75) is 11.8 Å². The summed E-state index contributed by atoms with van der Waals surface area (Å²) < 4.78 is 21.8. The fourth-order valence-corrected chi connectivity index (χ4v) is 1.42. The Balaban J connectivity index is 3.15. The van der Waals surface area contributed by atoms with E-state index in [9.17, 15) is 8.76 Å². The van der Waals surface area contributed by atoms with E-state index in [1.165, 1.54) is 0 Å². The Morgan fingerprint density at radius 1 is 1.55 bits per heavy atom. The molecule has 1 rings (SSSR count). The standard InChI is InChI=1S/C7H7BrO2S/c1-5-4-6(11(9)10)2-3-7(5)8/h2-4H,1H3,(H,9,10)/p-1. The predicted octanol–water partition coefficient (Wildman–Crippen LogP) is 2.00. The molecule has 4 heteroatoms. The molecule has 0 saturated carbocycles. The van der Waals surface area contributed by atoms with Gasteiger partial charge in [-0.25, -0.2) is 0 Å². The molecule has 1 unspecified atom stereocenters. The molecule has 0 amide bonds. The van der Waals surface area contributed by atoms with Gasteiger partial charge in [0.15, 0.2) is 0 Å². The van der Waals surface area contributed by atoms with Crippen LogP contribution in [0.3, 0.4) is 0 Å². The Hall–Kier alpha value is -0.190. The molecule has 0 saturated heterocycles. The van der Waals surface area contributed by atoms with Crippen molar-refractivity contribution in [3.05, 3.63) is 28.2 Å². The minimum atomic E-state index is -2.12. The van der Waals surface area contributed by atoms with E-state index in [4.69, 9.17) is 0 Å². The van der Waals surface area contributed by atoms with E-state index < -0.39 is 11.1 Å². The summed E-state index contributed by atoms with van der Waals surface area (Å²) in [6.45, 7) is 1.85. The molecule has 0 radical (unpaired) electrons. The van der Waals surface area contributed by atoms with E-state index >= 15 is 0 Å². The van der Waals surface area contributed by atoms with Crippen molar-refractivity contribution >= 4 is 27.0 Å². The van der Waals surface area contributed by atoms with Gasteiger partial charge in [-0.1, -0.05) is 15.9 Å². The van der Waals surface area contributed by atoms with Crippen LogP contribution >= 0.6 is 15.9 Å². The lowest BCUT2D eigenvalue weighted by Gasteiger charge is -2.06. The maximum atomic E-state index is 10.4. The molecule has 0 aliphatic heterocycles. The largest absolute Gasteiger partial charge is 0.768 e. The van der Waals surface area contributed by atoms with Crippen molar-refractivity contribution in [2.24, 2.45) is 0 Å². The third-order valence-corrected chi connectivity index (χ3v) is 2.85. The fraction of sp³-hybridized carbons (Fsp3) is 0.143. The van der Waals surface area contributed by atoms with E-state index in [0.29, 0.717) is 4.90 Å². The first-order chi connectivity index (χ1) is 5.11. The molecule has 1 aromatic rings. The first-order valence-electron chi connectivity index (χ1n) is 2.96. The molecule has 60 valence electrons. The van der Waals surface area contributed by atoms with E-state index in [1.54, 1.807) is 18.2 Å². The lowest BCUT2D eigenvalue weighted by molar-refractivity contribution is 0.537. The maximum absolute atomic E-state index is 10.4. The van der Waals surface area contributed by atoms with Crippen molar-refractivity contribution in [3.63, 3.8) is 0 Å². The average molecular weight is 234 g/mol. The van der Waals surface area contributed by atoms with Gasteiger partial charge in [-0.15, -0.1) is 0 Å². The van der Waals surface area contributed by atoms with Crippen LogP contribution in [0.4, 0.5) is 0 Å². The summed E-state index contributed by atoms with van der Waals surface area (Å²) in [6, 6.07) is 4.90. The Morgan fingerprint density at radius 3 is 2.64 bits per heavy atom. The van der Waals surface area contributed by atoms with Gasteiger partial charge in [0.25, 0.3) is 0 Å². The number of benzene rings is 1. The van der Waals surface area contributed by atoms with Crippen molar-refractivity contribution < 1.29 is 8.76 Å². The van der Waals surface area contributed by atoms with E-state index in [-0.39, 0.29) is 0 Å². The Bertz CT molecular complexity index is 298. The summed E-state index contributed by atoms with van der Waals surface area (Å²) >= 11 is 1.16. The molecule has 0 aliphatic rings. The Morgan fingerprint density at radius 2 is 2.18 bits per heavy atom. The molecular weight excluding hydrogens is 228 g/mol. The van der Waals surface area contributed by atoms with Crippen LogP contribution in [0.2, 0.25) is 0 Å². The minimum absolute atomic E-state index is 0.325. The summed E-state index contributed by atoms with van der Waals surface area (Å²) in [7, 11) is 0. The predicted molar refractivity (Wildman–Crippen MR) is 46.1 cm³/mol. The fourth-order valence-electron chi connectivity index (χ4n) is 0.721. The molecule has 0 heterocycles. The van der Waals surface area contributed by atoms with Crippen molar-refractivity contribution in [1.29, 1.82) is 0 Å². The summed E-state index contributed by atoms with van der Waals surface area (Å²) in [6.07, 6.45) is 0. The van der Waals surface area contributed by atoms with E-state index in [0.717, 1.165) is 10.0 Å². The van der Waals surface area contributed by atoms with Crippen molar-refractivity contribution in [3.8, 4) is 0 Å². The highest BCUT2D eigenvalue weighted by Crippen LogP contribution is 2.18. The average Bonchev–Trinajstić information content (AvgIpc) is 1.94. The van der Waals surface area contributed by atoms with E-state index in [2.05, 4.69) is 15.9 Å². The highest BCUT2D eigenvalue weighted by atomic mass is 79.9. The number of rotatable bonds is 1. The molecule has 1 atom stereocenters. The van der Waals surface area contributed by atoms with Crippen LogP contribution in [0, 0.1) is 6.92 Å². The van der Waals surface area contributed by atoms with Crippen LogP contribution in [0.1, 0.15) is 5.56 Å². The highest BCUT2D eigenvalue weighted by Gasteiger charge is 1.96. The topological polar surface area (TPSA) is 40.1 Å². The lowest BCUT2D eigenvalue weighted by atomic mass is 10.2. The Kier molecular flexibility index (Phi) is 2.81. The summed E-state index contributed by atoms with van der Waals surface area (Å²) in [5, 5.41) is 0. The zero-order chi connectivity index (χ0) is 8.43. The van der Waals surface area contributed by atoms with Crippen LogP contribution in [0.5, 0.6) is 0 Å². The Labute approximate surface area is 76.0 Å². The van der Waals surface area contributed by atoms with Gasteiger partial charge in [-0.05, 0) is 41.8 Å². The monoisotopic (exact) mass is 233 g/mol. The molecule has 0 aromatic heterocycles. The third kappa shape index (κ3) is 2.12. The van der Waals surface area contributed by atoms with Crippen LogP contribution in [-0.2, 0) is 11.1 Å². The van der Waals surface area contributed by atoms with Gasteiger partial charge in [-0.3, -0.25) is 4.21 Å². The SMILES string of the molecule is Cc1cc(S(=O)[O-])ccc1Br. The molecule has 0 fully saturated rings. The van der Waals surface area contributed by atoms with Gasteiger partial charge in [0, 0.05) is 9.37 Å². The smallest absolute Gasteiger partial charge is 0.0252 e. The van der Waals surface area contributed by atoms with Crippen LogP contribution in [0.25, 0.3) is 0 Å². The second-order valence-corrected chi connectivity index (χ2v) is 3.94. The molecule has 0 bridgehead atoms. The number of halogens is 1. The molecule has 0 aliphatic carbocycles. The number of aryl methyl sites for hydroxylation is 1. The van der Waals surface area contributed by atoms with Crippen LogP contribution in [-0.4, -0.2) is 8.76 Å². The molecule has 0 N–H and O–H groups in total. The second kappa shape index (κ2) is 3.47. The quantitative estimate of drug-likeness (QED) is 0.697. The molecule has 11 heavy (non-hydrogen) atoms. The highest BCUT2D eigenvalue weighted by molar-refractivity contribution is 9.10. The molecule has 1 aromatic carbocycles. The first kappa shape index (κ1) is 8.90. The van der Waals surface area contributed by atoms with Gasteiger partial charge in [0.05, 0.1) is 0 Å². The molecule has 0 spiro atoms. The minimum Gasteiger partial charge on any atom is -0.768 e. The van der Waals surface area contributed by atoms with E-state index in [1.807, 2.05) is 6.92 Å². The molecule has 2 nitrogen and oxygen atoms in total. The summed E-state index contributed by atoms with van der Waals surface area (Å²) in [5.41, 5.74) is 0.923. The zero-order valence-corrected chi connectivity index (χ0v) is 8.24. The van der Waals surface area contributed by atoms with Crippen molar-refractivity contribution in [2.75, 3.05) is 0 Å². The van der Waals surface area contributed by atoms with Gasteiger partial charge in [-0.2, -0.15) is 0 Å². The summed E-state index contributed by atoms with van der Waals surface area (Å²) in [4.78, 5) is 0.325. The van der Waals surface area contributed by atoms with Crippen molar-refractivity contribution in [1.82, 2.24) is 0 Å². The second-order valence-electron chi connectivity index (χ2n) is 2.15. The number of hydrogen-bond donors (Lipinski definition) is 0. The third-order valence-electron chi connectivity index (χ3n) is 1.32. The zero-order valence-electron chi connectivity index (χ0n) is 5.83. The molecular formula is C7H6BrO2S-. The maximum Gasteiger partial charge on any atom is 0.0252 e. The summed E-state index contributed by atoms with van der Waals surface area (Å²) in [5.74, 6) is 0. The van der Waals surface area contributed by atoms with Gasteiger partial charge in [0.2, 0.25) is 0 Å².